The van der Waals surface area contributed by atoms with Crippen molar-refractivity contribution in [3.05, 3.63) is 58.7 Å². The molecule has 0 radical (unpaired) electrons. The molecule has 0 heterocycles. The summed E-state index contributed by atoms with van der Waals surface area (Å²) in [6, 6.07) is 12.1. The maximum absolute atomic E-state index is 5.59. The highest BCUT2D eigenvalue weighted by molar-refractivity contribution is 6.20. The molecular weight excluding hydrogens is 235 g/mol. The summed E-state index contributed by atoms with van der Waals surface area (Å²) in [5, 5.41) is 0. The molecular formula is C16H19BO2. The van der Waals surface area contributed by atoms with Crippen LogP contribution in [-0.2, 0) is 0 Å². The normalized spacial score (nSPS) is 10.1. The third kappa shape index (κ3) is 3.54. The van der Waals surface area contributed by atoms with Gasteiger partial charge in [0.15, 0.2) is 0 Å². The highest BCUT2D eigenvalue weighted by Gasteiger charge is 2.02. The van der Waals surface area contributed by atoms with Crippen LogP contribution in [0, 0.1) is 27.7 Å². The molecule has 2 rings (SSSR count). The summed E-state index contributed by atoms with van der Waals surface area (Å²) in [5.41, 5.74) is 4.98. The minimum atomic E-state index is 0.227. The van der Waals surface area contributed by atoms with Gasteiger partial charge in [-0.15, -0.1) is 0 Å². The third-order valence-corrected chi connectivity index (χ3v) is 3.41. The second-order valence-electron chi connectivity index (χ2n) is 4.90. The molecule has 3 heteroatoms. The van der Waals surface area contributed by atoms with Crippen LogP contribution >= 0.6 is 0 Å². The predicted molar refractivity (Wildman–Crippen MR) is 80.2 cm³/mol. The SMILES string of the molecule is Cc1ccc(OBOc2ccc(C)c(C)c2)cc1C. The van der Waals surface area contributed by atoms with Crippen LogP contribution in [0.5, 0.6) is 11.5 Å². The number of aryl methyl sites for hydroxylation is 4. The smallest absolute Gasteiger partial charge is 0.529 e. The first-order chi connectivity index (χ1) is 9.06. The van der Waals surface area contributed by atoms with Crippen LogP contribution in [0.1, 0.15) is 22.3 Å². The van der Waals surface area contributed by atoms with Gasteiger partial charge in [-0.2, -0.15) is 0 Å². The van der Waals surface area contributed by atoms with Crippen molar-refractivity contribution < 1.29 is 9.31 Å². The first kappa shape index (κ1) is 13.5. The average Bonchev–Trinajstić information content (AvgIpc) is 2.38. The van der Waals surface area contributed by atoms with Gasteiger partial charge in [0.05, 0.1) is 0 Å². The fourth-order valence-corrected chi connectivity index (χ4v) is 1.77. The van der Waals surface area contributed by atoms with Gasteiger partial charge in [0.2, 0.25) is 0 Å². The van der Waals surface area contributed by atoms with Crippen LogP contribution in [0.2, 0.25) is 0 Å². The highest BCUT2D eigenvalue weighted by atomic mass is 16.6. The van der Waals surface area contributed by atoms with Crippen molar-refractivity contribution in [2.75, 3.05) is 0 Å². The van der Waals surface area contributed by atoms with Gasteiger partial charge in [0.1, 0.15) is 11.5 Å². The van der Waals surface area contributed by atoms with Gasteiger partial charge in [-0.25, -0.2) is 0 Å². The van der Waals surface area contributed by atoms with Crippen molar-refractivity contribution in [1.82, 2.24) is 0 Å². The summed E-state index contributed by atoms with van der Waals surface area (Å²) in [6.07, 6.45) is 0. The second-order valence-corrected chi connectivity index (χ2v) is 4.90. The highest BCUT2D eigenvalue weighted by Crippen LogP contribution is 2.18. The minimum Gasteiger partial charge on any atom is -0.529 e. The summed E-state index contributed by atoms with van der Waals surface area (Å²) in [6.45, 7) is 8.33. The van der Waals surface area contributed by atoms with Gasteiger partial charge in [0.25, 0.3) is 0 Å². The molecule has 0 bridgehead atoms. The Labute approximate surface area is 115 Å². The van der Waals surface area contributed by atoms with Gasteiger partial charge in [0, 0.05) is 0 Å². The summed E-state index contributed by atoms with van der Waals surface area (Å²) >= 11 is 0. The standard InChI is InChI=1S/C16H19BO2/c1-11-5-7-15(9-13(11)3)18-17-19-16-8-6-12(2)14(4)10-16/h5-10,17H,1-4H3. The Balaban J connectivity index is 1.92. The molecule has 0 saturated heterocycles. The zero-order valence-corrected chi connectivity index (χ0v) is 12.0. The first-order valence-corrected chi connectivity index (χ1v) is 6.46. The average molecular weight is 254 g/mol. The monoisotopic (exact) mass is 254 g/mol. The van der Waals surface area contributed by atoms with Gasteiger partial charge in [-0.3, -0.25) is 0 Å². The van der Waals surface area contributed by atoms with E-state index in [1.807, 2.05) is 24.3 Å². The molecule has 0 saturated carbocycles. The molecule has 2 aromatic rings. The fraction of sp³-hybridized carbons (Fsp3) is 0.250. The van der Waals surface area contributed by atoms with Gasteiger partial charge < -0.3 is 9.31 Å². The van der Waals surface area contributed by atoms with E-state index in [4.69, 9.17) is 9.31 Å². The molecule has 19 heavy (non-hydrogen) atoms. The van der Waals surface area contributed by atoms with E-state index in [2.05, 4.69) is 39.8 Å². The predicted octanol–water partition coefficient (Wildman–Crippen LogP) is 3.64. The molecule has 0 unspecified atom stereocenters. The molecule has 2 nitrogen and oxygen atoms in total. The molecule has 98 valence electrons. The number of hydrogen-bond donors (Lipinski definition) is 0. The Morgan fingerprint density at radius 1 is 0.632 bits per heavy atom. The summed E-state index contributed by atoms with van der Waals surface area (Å²) in [4.78, 5) is 0. The second kappa shape index (κ2) is 5.83. The zero-order chi connectivity index (χ0) is 13.8. The lowest BCUT2D eigenvalue weighted by molar-refractivity contribution is 0.458. The Morgan fingerprint density at radius 2 is 1.05 bits per heavy atom. The number of rotatable bonds is 4. The van der Waals surface area contributed by atoms with Crippen molar-refractivity contribution >= 4 is 7.69 Å². The van der Waals surface area contributed by atoms with E-state index >= 15 is 0 Å². The lowest BCUT2D eigenvalue weighted by Crippen LogP contribution is -2.11. The maximum Gasteiger partial charge on any atom is 0.576 e. The van der Waals surface area contributed by atoms with E-state index in [0.717, 1.165) is 11.5 Å². The van der Waals surface area contributed by atoms with E-state index in [1.54, 1.807) is 0 Å². The summed E-state index contributed by atoms with van der Waals surface area (Å²) in [5.74, 6) is 1.68. The minimum absolute atomic E-state index is 0.227. The van der Waals surface area contributed by atoms with Gasteiger partial charge in [-0.1, -0.05) is 12.1 Å². The quantitative estimate of drug-likeness (QED) is 0.775. The lowest BCUT2D eigenvalue weighted by atomic mass is 10.1. The van der Waals surface area contributed by atoms with Crippen LogP contribution < -0.4 is 9.31 Å². The maximum atomic E-state index is 5.59. The van der Waals surface area contributed by atoms with Crippen molar-refractivity contribution in [3.8, 4) is 11.5 Å². The zero-order valence-electron chi connectivity index (χ0n) is 12.0. The van der Waals surface area contributed by atoms with Crippen LogP contribution in [0.25, 0.3) is 0 Å². The van der Waals surface area contributed by atoms with Gasteiger partial charge >= 0.3 is 7.69 Å². The first-order valence-electron chi connectivity index (χ1n) is 6.46. The Hall–Kier alpha value is -1.90. The van der Waals surface area contributed by atoms with E-state index < -0.39 is 0 Å². The van der Waals surface area contributed by atoms with Crippen LogP contribution in [0.15, 0.2) is 36.4 Å². The van der Waals surface area contributed by atoms with Crippen molar-refractivity contribution in [2.24, 2.45) is 0 Å². The number of hydrogen-bond acceptors (Lipinski definition) is 2. The molecule has 0 N–H and O–H groups in total. The largest absolute Gasteiger partial charge is 0.576 e. The van der Waals surface area contributed by atoms with Crippen LogP contribution in [-0.4, -0.2) is 7.69 Å². The van der Waals surface area contributed by atoms with E-state index in [9.17, 15) is 0 Å². The molecule has 0 aliphatic rings. The van der Waals surface area contributed by atoms with E-state index in [-0.39, 0.29) is 7.69 Å². The number of benzene rings is 2. The molecule has 0 aliphatic heterocycles. The van der Waals surface area contributed by atoms with Gasteiger partial charge in [-0.05, 0) is 74.2 Å². The van der Waals surface area contributed by atoms with Crippen LogP contribution in [0.4, 0.5) is 0 Å². The van der Waals surface area contributed by atoms with Crippen LogP contribution in [0.3, 0.4) is 0 Å². The van der Waals surface area contributed by atoms with Crippen molar-refractivity contribution in [1.29, 1.82) is 0 Å². The molecule has 0 atom stereocenters. The van der Waals surface area contributed by atoms with Crippen molar-refractivity contribution in [3.63, 3.8) is 0 Å². The Bertz CT molecular complexity index is 527. The molecule has 0 aliphatic carbocycles. The lowest BCUT2D eigenvalue weighted by Gasteiger charge is -2.10. The van der Waals surface area contributed by atoms with E-state index in [1.165, 1.54) is 22.3 Å². The van der Waals surface area contributed by atoms with Crippen molar-refractivity contribution in [2.45, 2.75) is 27.7 Å². The molecule has 0 fully saturated rings. The molecule has 0 amide bonds. The third-order valence-electron chi connectivity index (χ3n) is 3.41. The molecule has 0 spiro atoms. The summed E-state index contributed by atoms with van der Waals surface area (Å²) in [7, 11) is 0.227. The summed E-state index contributed by atoms with van der Waals surface area (Å²) < 4.78 is 11.2. The Kier molecular flexibility index (Phi) is 4.15. The Morgan fingerprint density at radius 3 is 1.42 bits per heavy atom. The topological polar surface area (TPSA) is 18.5 Å². The fourth-order valence-electron chi connectivity index (χ4n) is 1.77. The molecule has 0 aromatic heterocycles. The molecule has 2 aromatic carbocycles. The van der Waals surface area contributed by atoms with E-state index in [0.29, 0.717) is 0 Å².